The molecule has 140 valence electrons. The number of aromatic nitrogens is 1. The van der Waals surface area contributed by atoms with Gasteiger partial charge in [-0.2, -0.15) is 5.26 Å². The number of carbonyl (C=O) groups excluding carboxylic acids is 1. The van der Waals surface area contributed by atoms with Gasteiger partial charge in [-0.3, -0.25) is 4.79 Å². The fraction of sp³-hybridized carbons (Fsp3) is 0.227. The van der Waals surface area contributed by atoms with Crippen LogP contribution in [0.2, 0.25) is 0 Å². The summed E-state index contributed by atoms with van der Waals surface area (Å²) >= 11 is 0. The van der Waals surface area contributed by atoms with Crippen LogP contribution in [0.3, 0.4) is 0 Å². The van der Waals surface area contributed by atoms with Gasteiger partial charge in [-0.15, -0.1) is 0 Å². The summed E-state index contributed by atoms with van der Waals surface area (Å²) in [7, 11) is 0. The van der Waals surface area contributed by atoms with Gasteiger partial charge in [0.15, 0.2) is 0 Å². The largest absolute Gasteiger partial charge is 0.493 e. The Bertz CT molecular complexity index is 1070. The summed E-state index contributed by atoms with van der Waals surface area (Å²) in [6.45, 7) is 3.27. The smallest absolute Gasteiger partial charge is 0.258 e. The number of nitriles is 1. The second kappa shape index (κ2) is 7.57. The van der Waals surface area contributed by atoms with E-state index >= 15 is 0 Å². The quantitative estimate of drug-likeness (QED) is 0.685. The van der Waals surface area contributed by atoms with Crippen LogP contribution in [0.4, 0.5) is 0 Å². The summed E-state index contributed by atoms with van der Waals surface area (Å²) in [5.74, 6) is 0.816. The minimum absolute atomic E-state index is 0.0818. The Labute approximate surface area is 162 Å². The van der Waals surface area contributed by atoms with Crippen LogP contribution in [-0.4, -0.2) is 41.6 Å². The fourth-order valence-corrected chi connectivity index (χ4v) is 3.31. The van der Waals surface area contributed by atoms with Gasteiger partial charge in [-0.05, 0) is 35.9 Å². The highest BCUT2D eigenvalue weighted by Gasteiger charge is 2.35. The maximum atomic E-state index is 13.2. The number of likely N-dealkylation sites (tertiary alicyclic amines) is 1. The Morgan fingerprint density at radius 1 is 1.21 bits per heavy atom. The summed E-state index contributed by atoms with van der Waals surface area (Å²) in [6.07, 6.45) is 1.40. The number of hydrogen-bond acceptors (Lipinski definition) is 5. The summed E-state index contributed by atoms with van der Waals surface area (Å²) < 4.78 is 11.5. The molecule has 0 bridgehead atoms. The zero-order chi connectivity index (χ0) is 19.5. The first-order valence-corrected chi connectivity index (χ1v) is 9.17. The van der Waals surface area contributed by atoms with Gasteiger partial charge in [-0.1, -0.05) is 30.3 Å². The molecule has 1 aliphatic rings. The van der Waals surface area contributed by atoms with Crippen molar-refractivity contribution in [1.29, 1.82) is 5.26 Å². The number of pyridine rings is 1. The molecule has 1 saturated heterocycles. The van der Waals surface area contributed by atoms with Crippen LogP contribution in [0.15, 0.2) is 54.7 Å². The lowest BCUT2D eigenvalue weighted by atomic mass is 10.0. The third-order valence-corrected chi connectivity index (χ3v) is 4.71. The molecule has 1 aromatic heterocycles. The van der Waals surface area contributed by atoms with E-state index in [9.17, 15) is 4.79 Å². The fourth-order valence-electron chi connectivity index (χ4n) is 3.31. The lowest BCUT2D eigenvalue weighted by Gasteiger charge is -2.39. The van der Waals surface area contributed by atoms with E-state index in [1.807, 2.05) is 43.3 Å². The molecule has 6 nitrogen and oxygen atoms in total. The van der Waals surface area contributed by atoms with Gasteiger partial charge in [0, 0.05) is 6.20 Å². The second-order valence-electron chi connectivity index (χ2n) is 6.51. The van der Waals surface area contributed by atoms with E-state index in [4.69, 9.17) is 14.7 Å². The van der Waals surface area contributed by atoms with Gasteiger partial charge in [0.2, 0.25) is 5.88 Å². The summed E-state index contributed by atoms with van der Waals surface area (Å²) in [4.78, 5) is 19.0. The first-order valence-electron chi connectivity index (χ1n) is 9.17. The molecule has 0 spiro atoms. The van der Waals surface area contributed by atoms with Crippen LogP contribution in [0.5, 0.6) is 11.6 Å². The number of benzene rings is 2. The van der Waals surface area contributed by atoms with E-state index in [-0.39, 0.29) is 12.0 Å². The topological polar surface area (TPSA) is 75.4 Å². The monoisotopic (exact) mass is 373 g/mol. The predicted octanol–water partition coefficient (Wildman–Crippen LogP) is 3.41. The van der Waals surface area contributed by atoms with Crippen molar-refractivity contribution in [2.75, 3.05) is 19.7 Å². The molecule has 0 atom stereocenters. The molecule has 0 unspecified atom stereocenters. The molecule has 3 aromatic rings. The van der Waals surface area contributed by atoms with Crippen LogP contribution in [-0.2, 0) is 0 Å². The summed E-state index contributed by atoms with van der Waals surface area (Å²) in [5, 5.41) is 11.0. The number of ether oxygens (including phenoxy) is 2. The van der Waals surface area contributed by atoms with Crippen LogP contribution >= 0.6 is 0 Å². The van der Waals surface area contributed by atoms with Crippen LogP contribution in [0.1, 0.15) is 22.8 Å². The van der Waals surface area contributed by atoms with E-state index < -0.39 is 0 Å². The maximum Gasteiger partial charge on any atom is 0.258 e. The van der Waals surface area contributed by atoms with Crippen molar-refractivity contribution in [3.05, 3.63) is 65.9 Å². The highest BCUT2D eigenvalue weighted by Crippen LogP contribution is 2.31. The van der Waals surface area contributed by atoms with Gasteiger partial charge in [0.25, 0.3) is 5.91 Å². The zero-order valence-corrected chi connectivity index (χ0v) is 15.5. The Balaban J connectivity index is 1.54. The average Bonchev–Trinajstić information content (AvgIpc) is 2.70. The SMILES string of the molecule is CCOc1ccc2ccccc2c1C(=O)N1CC(Oc2ncccc2C#N)C1. The Morgan fingerprint density at radius 2 is 2.04 bits per heavy atom. The molecule has 1 amide bonds. The molecule has 1 aliphatic heterocycles. The zero-order valence-electron chi connectivity index (χ0n) is 15.5. The Morgan fingerprint density at radius 3 is 2.82 bits per heavy atom. The lowest BCUT2D eigenvalue weighted by Crippen LogP contribution is -2.56. The third-order valence-electron chi connectivity index (χ3n) is 4.71. The van der Waals surface area contributed by atoms with Crippen LogP contribution < -0.4 is 9.47 Å². The second-order valence-corrected chi connectivity index (χ2v) is 6.51. The van der Waals surface area contributed by atoms with Gasteiger partial charge in [0.1, 0.15) is 23.5 Å². The van der Waals surface area contributed by atoms with Crippen molar-refractivity contribution in [1.82, 2.24) is 9.88 Å². The first-order chi connectivity index (χ1) is 13.7. The van der Waals surface area contributed by atoms with Crippen LogP contribution in [0.25, 0.3) is 10.8 Å². The molecule has 2 aromatic carbocycles. The average molecular weight is 373 g/mol. The molecular formula is C22H19N3O3. The molecule has 28 heavy (non-hydrogen) atoms. The number of hydrogen-bond donors (Lipinski definition) is 0. The molecule has 0 aliphatic carbocycles. The van der Waals surface area contributed by atoms with Crippen molar-refractivity contribution in [3.8, 4) is 17.7 Å². The van der Waals surface area contributed by atoms with Crippen LogP contribution in [0, 0.1) is 11.3 Å². The minimum atomic E-state index is -0.184. The van der Waals surface area contributed by atoms with E-state index in [1.165, 1.54) is 0 Å². The molecule has 2 heterocycles. The summed E-state index contributed by atoms with van der Waals surface area (Å²) in [5.41, 5.74) is 0.967. The number of carbonyl (C=O) groups is 1. The Kier molecular flexibility index (Phi) is 4.81. The summed E-state index contributed by atoms with van der Waals surface area (Å²) in [6, 6.07) is 17.0. The molecule has 6 heteroatoms. The predicted molar refractivity (Wildman–Crippen MR) is 104 cm³/mol. The van der Waals surface area contributed by atoms with Gasteiger partial charge >= 0.3 is 0 Å². The molecule has 1 fully saturated rings. The number of amides is 1. The van der Waals surface area contributed by atoms with Crippen molar-refractivity contribution in [2.45, 2.75) is 13.0 Å². The maximum absolute atomic E-state index is 13.2. The highest BCUT2D eigenvalue weighted by atomic mass is 16.5. The van der Waals surface area contributed by atoms with Gasteiger partial charge in [0.05, 0.1) is 25.3 Å². The van der Waals surface area contributed by atoms with Crippen molar-refractivity contribution < 1.29 is 14.3 Å². The number of rotatable bonds is 5. The third kappa shape index (κ3) is 3.23. The normalized spacial score (nSPS) is 13.6. The van der Waals surface area contributed by atoms with E-state index in [0.29, 0.717) is 42.5 Å². The number of fused-ring (bicyclic) bond motifs is 1. The van der Waals surface area contributed by atoms with Crippen molar-refractivity contribution in [3.63, 3.8) is 0 Å². The number of nitrogens with zero attached hydrogens (tertiary/aromatic N) is 3. The van der Waals surface area contributed by atoms with Gasteiger partial charge in [-0.25, -0.2) is 4.98 Å². The molecule has 0 radical (unpaired) electrons. The minimum Gasteiger partial charge on any atom is -0.493 e. The lowest BCUT2D eigenvalue weighted by molar-refractivity contribution is 0.0158. The molecule has 0 N–H and O–H groups in total. The molecule has 4 rings (SSSR count). The first kappa shape index (κ1) is 17.8. The van der Waals surface area contributed by atoms with E-state index in [1.54, 1.807) is 23.2 Å². The molecular weight excluding hydrogens is 354 g/mol. The van der Waals surface area contributed by atoms with E-state index in [2.05, 4.69) is 11.1 Å². The molecule has 0 saturated carbocycles. The van der Waals surface area contributed by atoms with Crippen molar-refractivity contribution >= 4 is 16.7 Å². The van der Waals surface area contributed by atoms with Crippen molar-refractivity contribution in [2.24, 2.45) is 0 Å². The standard InChI is InChI=1S/C22H19N3O3/c1-2-27-19-10-9-15-6-3-4-8-18(15)20(19)22(26)25-13-17(14-25)28-21-16(12-23)7-5-11-24-21/h3-11,17H,2,13-14H2,1H3. The van der Waals surface area contributed by atoms with E-state index in [0.717, 1.165) is 10.8 Å². The highest BCUT2D eigenvalue weighted by molar-refractivity contribution is 6.09. The Hall–Kier alpha value is -3.59. The van der Waals surface area contributed by atoms with Gasteiger partial charge < -0.3 is 14.4 Å².